The number of hydrogen-bond acceptors (Lipinski definition) is 5. The van der Waals surface area contributed by atoms with Crippen LogP contribution < -0.4 is 15.8 Å². The molecule has 2 aliphatic rings. The van der Waals surface area contributed by atoms with Gasteiger partial charge in [-0.05, 0) is 49.6 Å². The molecule has 0 aromatic heterocycles. The minimum atomic E-state index is -0.843. The van der Waals surface area contributed by atoms with Gasteiger partial charge in [0.05, 0.1) is 12.5 Å². The maximum absolute atomic E-state index is 13.4. The van der Waals surface area contributed by atoms with Gasteiger partial charge >= 0.3 is 0 Å². The topological polar surface area (TPSA) is 105 Å². The highest BCUT2D eigenvalue weighted by molar-refractivity contribution is 5.94. The molecule has 2 aromatic carbocycles. The largest absolute Gasteiger partial charge is 0.494 e. The van der Waals surface area contributed by atoms with Crippen molar-refractivity contribution in [2.75, 3.05) is 32.8 Å². The monoisotopic (exact) mass is 492 g/mol. The van der Waals surface area contributed by atoms with Crippen LogP contribution in [0.15, 0.2) is 54.6 Å². The van der Waals surface area contributed by atoms with Crippen LogP contribution in [0.2, 0.25) is 0 Å². The third-order valence-electron chi connectivity index (χ3n) is 7.25. The lowest BCUT2D eigenvalue weighted by Gasteiger charge is -2.44. The van der Waals surface area contributed by atoms with E-state index >= 15 is 0 Å². The maximum Gasteiger partial charge on any atom is 0.253 e. The van der Waals surface area contributed by atoms with E-state index in [1.165, 1.54) is 0 Å². The van der Waals surface area contributed by atoms with E-state index in [2.05, 4.69) is 10.2 Å². The molecule has 0 radical (unpaired) electrons. The maximum atomic E-state index is 13.4. The molecule has 0 unspecified atom stereocenters. The normalized spacial score (nSPS) is 21.4. The van der Waals surface area contributed by atoms with Crippen LogP contribution in [0.4, 0.5) is 0 Å². The smallest absolute Gasteiger partial charge is 0.253 e. The molecule has 0 bridgehead atoms. The second-order valence-electron chi connectivity index (χ2n) is 9.50. The Balaban J connectivity index is 1.37. The van der Waals surface area contributed by atoms with Crippen LogP contribution >= 0.6 is 0 Å². The third kappa shape index (κ3) is 6.05. The van der Waals surface area contributed by atoms with Gasteiger partial charge in [0.1, 0.15) is 11.8 Å². The van der Waals surface area contributed by atoms with Crippen LogP contribution in [0.3, 0.4) is 0 Å². The predicted molar refractivity (Wildman–Crippen MR) is 137 cm³/mol. The standard InChI is InChI=1S/C28H36N4O4/c1-2-36-22-14-12-21(13-15-22)28(35)32-18-16-31(17-19-32)24-11-7-6-10-23(24)27(34)30-25(26(29)33)20-8-4-3-5-9-20/h3-5,8-9,12-15,23-25H,2,6-7,10-11,16-19H2,1H3,(H2,29,33)(H,30,34)/t23-,24-,25+/m1/s1. The molecule has 0 spiro atoms. The fraction of sp³-hybridized carbons (Fsp3) is 0.464. The minimum absolute atomic E-state index is 0.0165. The van der Waals surface area contributed by atoms with Gasteiger partial charge in [0, 0.05) is 37.8 Å². The van der Waals surface area contributed by atoms with E-state index in [-0.39, 0.29) is 23.8 Å². The molecule has 1 saturated heterocycles. The molecule has 1 saturated carbocycles. The zero-order chi connectivity index (χ0) is 25.5. The van der Waals surface area contributed by atoms with E-state index in [9.17, 15) is 14.4 Å². The SMILES string of the molecule is CCOc1ccc(C(=O)N2CCN([C@@H]3CCCC[C@H]3C(=O)N[C@H](C(N)=O)c3ccccc3)CC2)cc1. The number of nitrogens with one attached hydrogen (secondary N) is 1. The summed E-state index contributed by atoms with van der Waals surface area (Å²) in [7, 11) is 0. The van der Waals surface area contributed by atoms with Crippen LogP contribution in [0.25, 0.3) is 0 Å². The average Bonchev–Trinajstić information content (AvgIpc) is 2.92. The summed E-state index contributed by atoms with van der Waals surface area (Å²) < 4.78 is 5.47. The number of benzene rings is 2. The second kappa shape index (κ2) is 12.0. The van der Waals surface area contributed by atoms with Gasteiger partial charge in [-0.3, -0.25) is 19.3 Å². The van der Waals surface area contributed by atoms with Crippen molar-refractivity contribution in [3.63, 3.8) is 0 Å². The molecule has 8 nitrogen and oxygen atoms in total. The van der Waals surface area contributed by atoms with Gasteiger partial charge in [-0.1, -0.05) is 43.2 Å². The number of amides is 3. The van der Waals surface area contributed by atoms with E-state index in [0.29, 0.717) is 30.8 Å². The van der Waals surface area contributed by atoms with Crippen molar-refractivity contribution in [3.8, 4) is 5.75 Å². The van der Waals surface area contributed by atoms with Crippen molar-refractivity contribution >= 4 is 17.7 Å². The van der Waals surface area contributed by atoms with Gasteiger partial charge in [0.15, 0.2) is 0 Å². The van der Waals surface area contributed by atoms with Crippen molar-refractivity contribution in [1.82, 2.24) is 15.1 Å². The summed E-state index contributed by atoms with van der Waals surface area (Å²) in [4.78, 5) is 42.7. The van der Waals surface area contributed by atoms with Crippen molar-refractivity contribution in [2.45, 2.75) is 44.7 Å². The Kier molecular flexibility index (Phi) is 8.59. The summed E-state index contributed by atoms with van der Waals surface area (Å²) in [5, 5.41) is 2.92. The molecule has 3 amide bonds. The molecule has 4 rings (SSSR count). The zero-order valence-corrected chi connectivity index (χ0v) is 20.9. The molecular formula is C28H36N4O4. The molecule has 2 fully saturated rings. The molecule has 2 aromatic rings. The van der Waals surface area contributed by atoms with E-state index < -0.39 is 11.9 Å². The van der Waals surface area contributed by atoms with Gasteiger partial charge in [-0.25, -0.2) is 0 Å². The first-order chi connectivity index (χ1) is 17.5. The quantitative estimate of drug-likeness (QED) is 0.590. The van der Waals surface area contributed by atoms with Crippen LogP contribution in [0, 0.1) is 5.92 Å². The highest BCUT2D eigenvalue weighted by Crippen LogP contribution is 2.30. The Hall–Kier alpha value is -3.39. The molecule has 8 heteroatoms. The van der Waals surface area contributed by atoms with E-state index in [0.717, 1.165) is 44.5 Å². The highest BCUT2D eigenvalue weighted by atomic mass is 16.5. The van der Waals surface area contributed by atoms with Crippen LogP contribution in [0.1, 0.15) is 54.6 Å². The van der Waals surface area contributed by atoms with Crippen LogP contribution in [-0.2, 0) is 9.59 Å². The first-order valence-corrected chi connectivity index (χ1v) is 12.9. The molecule has 36 heavy (non-hydrogen) atoms. The Labute approximate surface area is 212 Å². The molecule has 3 atom stereocenters. The Bertz CT molecular complexity index is 1040. The first kappa shape index (κ1) is 25.7. The molecule has 192 valence electrons. The second-order valence-corrected chi connectivity index (χ2v) is 9.50. The highest BCUT2D eigenvalue weighted by Gasteiger charge is 2.38. The first-order valence-electron chi connectivity index (χ1n) is 12.9. The third-order valence-corrected chi connectivity index (χ3v) is 7.25. The number of carbonyl (C=O) groups excluding carboxylic acids is 3. The lowest BCUT2D eigenvalue weighted by atomic mass is 9.82. The number of piperazine rings is 1. The predicted octanol–water partition coefficient (Wildman–Crippen LogP) is 2.74. The van der Waals surface area contributed by atoms with Crippen molar-refractivity contribution in [3.05, 3.63) is 65.7 Å². The minimum Gasteiger partial charge on any atom is -0.494 e. The molecular weight excluding hydrogens is 456 g/mol. The van der Waals surface area contributed by atoms with E-state index in [4.69, 9.17) is 10.5 Å². The summed E-state index contributed by atoms with van der Waals surface area (Å²) in [5.41, 5.74) is 6.97. The fourth-order valence-electron chi connectivity index (χ4n) is 5.37. The van der Waals surface area contributed by atoms with Crippen molar-refractivity contribution in [1.29, 1.82) is 0 Å². The lowest BCUT2D eigenvalue weighted by Crippen LogP contribution is -2.56. The number of nitrogens with zero attached hydrogens (tertiary/aromatic N) is 2. The Morgan fingerprint density at radius 2 is 1.64 bits per heavy atom. The van der Waals surface area contributed by atoms with Crippen LogP contribution in [-0.4, -0.2) is 66.3 Å². The molecule has 1 aliphatic heterocycles. The summed E-state index contributed by atoms with van der Waals surface area (Å²) >= 11 is 0. The number of ether oxygens (including phenoxy) is 1. The van der Waals surface area contributed by atoms with Crippen molar-refractivity contribution in [2.24, 2.45) is 11.7 Å². The van der Waals surface area contributed by atoms with Crippen LogP contribution in [0.5, 0.6) is 5.75 Å². The summed E-state index contributed by atoms with van der Waals surface area (Å²) in [5.74, 6) is -0.129. The van der Waals surface area contributed by atoms with Gasteiger partial charge in [-0.2, -0.15) is 0 Å². The number of primary amides is 1. The van der Waals surface area contributed by atoms with Gasteiger partial charge in [0.25, 0.3) is 5.91 Å². The fourth-order valence-corrected chi connectivity index (χ4v) is 5.37. The Morgan fingerprint density at radius 3 is 2.28 bits per heavy atom. The Morgan fingerprint density at radius 1 is 0.972 bits per heavy atom. The number of rotatable bonds is 8. The summed E-state index contributed by atoms with van der Waals surface area (Å²) in [6.45, 7) is 5.18. The molecule has 1 heterocycles. The zero-order valence-electron chi connectivity index (χ0n) is 20.9. The average molecular weight is 493 g/mol. The van der Waals surface area contributed by atoms with E-state index in [1.54, 1.807) is 12.1 Å². The molecule has 3 N–H and O–H groups in total. The number of hydrogen-bond donors (Lipinski definition) is 2. The summed E-state index contributed by atoms with van der Waals surface area (Å²) in [6.07, 6.45) is 3.76. The van der Waals surface area contributed by atoms with Gasteiger partial charge in [0.2, 0.25) is 11.8 Å². The van der Waals surface area contributed by atoms with Gasteiger partial charge < -0.3 is 20.7 Å². The molecule has 1 aliphatic carbocycles. The number of carbonyl (C=O) groups is 3. The van der Waals surface area contributed by atoms with Gasteiger partial charge in [-0.15, -0.1) is 0 Å². The lowest BCUT2D eigenvalue weighted by molar-refractivity contribution is -0.133. The van der Waals surface area contributed by atoms with E-state index in [1.807, 2.05) is 54.3 Å². The van der Waals surface area contributed by atoms with Crippen molar-refractivity contribution < 1.29 is 19.1 Å². The number of nitrogens with two attached hydrogens (primary N) is 1. The summed E-state index contributed by atoms with van der Waals surface area (Å²) in [6, 6.07) is 15.6.